The lowest BCUT2D eigenvalue weighted by Crippen LogP contribution is -2.45. The highest BCUT2D eigenvalue weighted by atomic mass is 16.5. The Labute approximate surface area is 167 Å². The molecule has 4 heteroatoms. The number of hydrogen-bond donors (Lipinski definition) is 1. The summed E-state index contributed by atoms with van der Waals surface area (Å²) >= 11 is 0. The Morgan fingerprint density at radius 2 is 1.93 bits per heavy atom. The molecule has 4 nitrogen and oxygen atoms in total. The van der Waals surface area contributed by atoms with Gasteiger partial charge in [-0.05, 0) is 79.5 Å². The van der Waals surface area contributed by atoms with Crippen molar-refractivity contribution in [2.24, 2.45) is 17.3 Å². The van der Waals surface area contributed by atoms with Crippen LogP contribution in [0.3, 0.4) is 0 Å². The maximum absolute atomic E-state index is 12.3. The SMILES string of the molecule is CCC(=O)OC1CCC2C3CCc4cc(O)c(C(=O)CC)cc4C3CC[C@]12C. The molecule has 28 heavy (non-hydrogen) atoms. The molecule has 0 aliphatic heterocycles. The van der Waals surface area contributed by atoms with Crippen LogP contribution in [0.25, 0.3) is 0 Å². The molecule has 2 fully saturated rings. The highest BCUT2D eigenvalue weighted by Crippen LogP contribution is 2.61. The predicted octanol–water partition coefficient (Wildman–Crippen LogP) is 5.16. The van der Waals surface area contributed by atoms with Crippen LogP contribution in [0.4, 0.5) is 0 Å². The minimum Gasteiger partial charge on any atom is -0.507 e. The van der Waals surface area contributed by atoms with E-state index in [1.165, 1.54) is 11.1 Å². The van der Waals surface area contributed by atoms with Gasteiger partial charge in [-0.3, -0.25) is 9.59 Å². The van der Waals surface area contributed by atoms with Gasteiger partial charge < -0.3 is 9.84 Å². The minimum absolute atomic E-state index is 0.00970. The van der Waals surface area contributed by atoms with E-state index in [9.17, 15) is 14.7 Å². The van der Waals surface area contributed by atoms with E-state index >= 15 is 0 Å². The van der Waals surface area contributed by atoms with E-state index in [1.807, 2.05) is 26.0 Å². The molecule has 4 rings (SSSR count). The van der Waals surface area contributed by atoms with Gasteiger partial charge in [-0.15, -0.1) is 0 Å². The van der Waals surface area contributed by atoms with E-state index in [0.29, 0.717) is 36.2 Å². The Balaban J connectivity index is 1.63. The number of ketones is 1. The fourth-order valence-corrected chi connectivity index (χ4v) is 6.41. The van der Waals surface area contributed by atoms with Gasteiger partial charge in [0.1, 0.15) is 11.9 Å². The summed E-state index contributed by atoms with van der Waals surface area (Å²) < 4.78 is 5.85. The molecule has 0 radical (unpaired) electrons. The molecule has 2 saturated carbocycles. The number of Topliss-reactive ketones (excluding diaryl/α,β-unsaturated/α-hetero) is 1. The van der Waals surface area contributed by atoms with Crippen molar-refractivity contribution in [3.8, 4) is 5.75 Å². The molecule has 0 saturated heterocycles. The number of carbonyl (C=O) groups excluding carboxylic acids is 2. The van der Waals surface area contributed by atoms with Crippen LogP contribution in [0.1, 0.15) is 93.1 Å². The Kier molecular flexibility index (Phi) is 5.01. The molecule has 0 aromatic heterocycles. The first kappa shape index (κ1) is 19.5. The lowest BCUT2D eigenvalue weighted by atomic mass is 9.55. The number of esters is 1. The molecule has 0 amide bonds. The fraction of sp³-hybridized carbons (Fsp3) is 0.667. The highest BCUT2D eigenvalue weighted by Gasteiger charge is 2.56. The topological polar surface area (TPSA) is 63.6 Å². The standard InChI is InChI=1S/C24H32O4/c1-4-20(25)18-13-17-14(12-21(18)26)6-7-16-15(17)10-11-24(3)19(16)8-9-22(24)28-23(27)5-2/h12-13,15-16,19,22,26H,4-11H2,1-3H3/t15?,16?,19?,22?,24-/m0/s1. The Hall–Kier alpha value is -1.84. The average Bonchev–Trinajstić information content (AvgIpc) is 3.02. The van der Waals surface area contributed by atoms with Crippen molar-refractivity contribution in [3.05, 3.63) is 28.8 Å². The summed E-state index contributed by atoms with van der Waals surface area (Å²) in [6.07, 6.45) is 7.17. The van der Waals surface area contributed by atoms with Crippen molar-refractivity contribution in [2.45, 2.75) is 84.2 Å². The normalized spacial score (nSPS) is 33.5. The number of phenols is 1. The number of hydrogen-bond acceptors (Lipinski definition) is 4. The molecule has 4 unspecified atom stereocenters. The number of rotatable bonds is 4. The van der Waals surface area contributed by atoms with Crippen LogP contribution in [0.15, 0.2) is 12.1 Å². The summed E-state index contributed by atoms with van der Waals surface area (Å²) in [7, 11) is 0. The molecule has 3 aliphatic carbocycles. The third kappa shape index (κ3) is 2.96. The Bertz CT molecular complexity index is 798. The third-order valence-electron chi connectivity index (χ3n) is 7.94. The van der Waals surface area contributed by atoms with Crippen LogP contribution in [0.2, 0.25) is 0 Å². The van der Waals surface area contributed by atoms with Gasteiger partial charge in [0.05, 0.1) is 5.56 Å². The third-order valence-corrected chi connectivity index (χ3v) is 7.94. The van der Waals surface area contributed by atoms with Gasteiger partial charge in [-0.1, -0.05) is 20.8 Å². The first-order chi connectivity index (χ1) is 13.4. The number of benzene rings is 1. The van der Waals surface area contributed by atoms with Gasteiger partial charge >= 0.3 is 5.97 Å². The second kappa shape index (κ2) is 7.20. The first-order valence-electron chi connectivity index (χ1n) is 11.0. The molecule has 152 valence electrons. The quantitative estimate of drug-likeness (QED) is 0.575. The van der Waals surface area contributed by atoms with Crippen LogP contribution in [0.5, 0.6) is 5.75 Å². The van der Waals surface area contributed by atoms with Gasteiger partial charge in [-0.25, -0.2) is 0 Å². The van der Waals surface area contributed by atoms with Crippen molar-refractivity contribution in [3.63, 3.8) is 0 Å². The predicted molar refractivity (Wildman–Crippen MR) is 108 cm³/mol. The van der Waals surface area contributed by atoms with E-state index < -0.39 is 0 Å². The summed E-state index contributed by atoms with van der Waals surface area (Å²) in [6.45, 7) is 6.02. The smallest absolute Gasteiger partial charge is 0.305 e. The first-order valence-corrected chi connectivity index (χ1v) is 11.0. The lowest BCUT2D eigenvalue weighted by Gasteiger charge is -2.50. The number of carbonyl (C=O) groups is 2. The van der Waals surface area contributed by atoms with Crippen molar-refractivity contribution >= 4 is 11.8 Å². The minimum atomic E-state index is -0.0822. The molecular formula is C24H32O4. The second-order valence-electron chi connectivity index (χ2n) is 9.21. The van der Waals surface area contributed by atoms with Gasteiger partial charge in [0, 0.05) is 18.3 Å². The van der Waals surface area contributed by atoms with Crippen LogP contribution < -0.4 is 0 Å². The number of fused-ring (bicyclic) bond motifs is 5. The van der Waals surface area contributed by atoms with Crippen LogP contribution in [0, 0.1) is 17.3 Å². The molecule has 3 aliphatic rings. The van der Waals surface area contributed by atoms with Gasteiger partial charge in [-0.2, -0.15) is 0 Å². The van der Waals surface area contributed by atoms with Crippen molar-refractivity contribution in [2.75, 3.05) is 0 Å². The number of ether oxygens (including phenoxy) is 1. The van der Waals surface area contributed by atoms with Crippen molar-refractivity contribution < 1.29 is 19.4 Å². The lowest BCUT2D eigenvalue weighted by molar-refractivity contribution is -0.157. The monoisotopic (exact) mass is 384 g/mol. The van der Waals surface area contributed by atoms with E-state index in [0.717, 1.165) is 38.5 Å². The van der Waals surface area contributed by atoms with Crippen LogP contribution in [-0.2, 0) is 16.0 Å². The fourth-order valence-electron chi connectivity index (χ4n) is 6.41. The molecule has 0 spiro atoms. The zero-order valence-corrected chi connectivity index (χ0v) is 17.3. The summed E-state index contributed by atoms with van der Waals surface area (Å²) in [6, 6.07) is 3.82. The van der Waals surface area contributed by atoms with Gasteiger partial charge in [0.25, 0.3) is 0 Å². The van der Waals surface area contributed by atoms with E-state index in [-0.39, 0.29) is 29.0 Å². The summed E-state index contributed by atoms with van der Waals surface area (Å²) in [5.41, 5.74) is 3.04. The van der Waals surface area contributed by atoms with Crippen molar-refractivity contribution in [1.29, 1.82) is 0 Å². The summed E-state index contributed by atoms with van der Waals surface area (Å²) in [5, 5.41) is 10.3. The number of aromatic hydroxyl groups is 1. The summed E-state index contributed by atoms with van der Waals surface area (Å²) in [4.78, 5) is 24.2. The molecule has 1 N–H and O–H groups in total. The molecule has 5 atom stereocenters. The Morgan fingerprint density at radius 3 is 2.64 bits per heavy atom. The Morgan fingerprint density at radius 1 is 1.14 bits per heavy atom. The molecule has 1 aromatic rings. The number of aryl methyl sites for hydroxylation is 1. The van der Waals surface area contributed by atoms with E-state index in [4.69, 9.17) is 4.74 Å². The summed E-state index contributed by atoms with van der Waals surface area (Å²) in [5.74, 6) is 1.65. The van der Waals surface area contributed by atoms with Crippen LogP contribution in [-0.4, -0.2) is 23.0 Å². The average molecular weight is 385 g/mol. The molecule has 1 aromatic carbocycles. The maximum atomic E-state index is 12.3. The molecular weight excluding hydrogens is 352 g/mol. The van der Waals surface area contributed by atoms with Crippen LogP contribution >= 0.6 is 0 Å². The highest BCUT2D eigenvalue weighted by molar-refractivity contribution is 5.98. The zero-order valence-electron chi connectivity index (χ0n) is 17.3. The zero-order chi connectivity index (χ0) is 20.1. The van der Waals surface area contributed by atoms with E-state index in [1.54, 1.807) is 0 Å². The van der Waals surface area contributed by atoms with E-state index in [2.05, 4.69) is 6.92 Å². The van der Waals surface area contributed by atoms with Gasteiger partial charge in [0.15, 0.2) is 5.78 Å². The molecule has 0 bridgehead atoms. The largest absolute Gasteiger partial charge is 0.507 e. The van der Waals surface area contributed by atoms with Crippen molar-refractivity contribution in [1.82, 2.24) is 0 Å². The second-order valence-corrected chi connectivity index (χ2v) is 9.21. The number of phenolic OH excluding ortho intramolecular Hbond substituents is 1. The van der Waals surface area contributed by atoms with Gasteiger partial charge in [0.2, 0.25) is 0 Å². The molecule has 0 heterocycles. The maximum Gasteiger partial charge on any atom is 0.305 e.